The second-order valence-corrected chi connectivity index (χ2v) is 6.31. The lowest BCUT2D eigenvalue weighted by Gasteiger charge is -2.31. The van der Waals surface area contributed by atoms with Crippen LogP contribution in [-0.2, 0) is 17.8 Å². The number of piperidine rings is 1. The Balaban J connectivity index is 1.48. The zero-order valence-electron chi connectivity index (χ0n) is 13.2. The van der Waals surface area contributed by atoms with Crippen molar-refractivity contribution in [3.63, 3.8) is 0 Å². The van der Waals surface area contributed by atoms with E-state index in [9.17, 15) is 9.18 Å². The smallest absolute Gasteiger partial charge is 0.140 e. The number of likely N-dealkylation sites (tertiary alicyclic amines) is 1. The van der Waals surface area contributed by atoms with Crippen molar-refractivity contribution in [2.45, 2.75) is 25.8 Å². The van der Waals surface area contributed by atoms with Crippen molar-refractivity contribution in [3.8, 4) is 0 Å². The second-order valence-electron chi connectivity index (χ2n) is 6.31. The summed E-state index contributed by atoms with van der Waals surface area (Å²) in [5, 5.41) is 0. The molecule has 0 aliphatic carbocycles. The maximum Gasteiger partial charge on any atom is 0.140 e. The fourth-order valence-electron chi connectivity index (χ4n) is 3.20. The minimum atomic E-state index is -0.254. The molecule has 2 nitrogen and oxygen atoms in total. The summed E-state index contributed by atoms with van der Waals surface area (Å²) in [6, 6.07) is 16.7. The van der Waals surface area contributed by atoms with E-state index in [4.69, 9.17) is 0 Å². The highest BCUT2D eigenvalue weighted by Crippen LogP contribution is 2.21. The summed E-state index contributed by atoms with van der Waals surface area (Å²) in [5.41, 5.74) is 2.23. The maximum atomic E-state index is 12.9. The van der Waals surface area contributed by atoms with E-state index in [2.05, 4.69) is 29.2 Å². The number of rotatable bonds is 5. The molecule has 1 fully saturated rings. The lowest BCUT2D eigenvalue weighted by molar-refractivity contribution is -0.123. The number of halogens is 1. The number of hydrogen-bond donors (Lipinski definition) is 0. The molecule has 1 aliphatic rings. The van der Waals surface area contributed by atoms with Gasteiger partial charge in [-0.2, -0.15) is 0 Å². The van der Waals surface area contributed by atoms with Gasteiger partial charge in [0.2, 0.25) is 0 Å². The average Bonchev–Trinajstić information content (AvgIpc) is 2.58. The molecule has 3 heteroatoms. The van der Waals surface area contributed by atoms with Crippen LogP contribution in [0.3, 0.4) is 0 Å². The van der Waals surface area contributed by atoms with Crippen molar-refractivity contribution < 1.29 is 9.18 Å². The van der Waals surface area contributed by atoms with Gasteiger partial charge in [-0.05, 0) is 49.2 Å². The molecule has 0 N–H and O–H groups in total. The van der Waals surface area contributed by atoms with Crippen LogP contribution >= 0.6 is 0 Å². The van der Waals surface area contributed by atoms with Crippen LogP contribution < -0.4 is 0 Å². The average molecular weight is 311 g/mol. The van der Waals surface area contributed by atoms with Crippen molar-refractivity contribution in [3.05, 3.63) is 71.5 Å². The Morgan fingerprint density at radius 3 is 2.26 bits per heavy atom. The van der Waals surface area contributed by atoms with Crippen LogP contribution in [0.15, 0.2) is 54.6 Å². The molecule has 0 spiro atoms. The van der Waals surface area contributed by atoms with Crippen LogP contribution in [0.5, 0.6) is 0 Å². The van der Waals surface area contributed by atoms with Crippen LogP contribution in [0.25, 0.3) is 0 Å². The van der Waals surface area contributed by atoms with Gasteiger partial charge in [-0.25, -0.2) is 4.39 Å². The fourth-order valence-corrected chi connectivity index (χ4v) is 3.20. The summed E-state index contributed by atoms with van der Waals surface area (Å²) in [5.74, 6) is 0.179. The standard InChI is InChI=1S/C20H22FNO/c21-19-8-6-16(7-9-19)14-20(23)18-10-12-22(13-11-18)15-17-4-2-1-3-5-17/h1-9,18H,10-15H2. The third-order valence-electron chi connectivity index (χ3n) is 4.58. The minimum absolute atomic E-state index is 0.145. The van der Waals surface area contributed by atoms with E-state index in [0.29, 0.717) is 6.42 Å². The molecule has 0 unspecified atom stereocenters. The van der Waals surface area contributed by atoms with Crippen molar-refractivity contribution in [1.29, 1.82) is 0 Å². The number of carbonyl (C=O) groups is 1. The van der Waals surface area contributed by atoms with Gasteiger partial charge in [0.1, 0.15) is 11.6 Å². The van der Waals surface area contributed by atoms with Crippen molar-refractivity contribution in [2.24, 2.45) is 5.92 Å². The molecule has 0 amide bonds. The molecule has 0 aromatic heterocycles. The molecule has 1 heterocycles. The molecule has 1 saturated heterocycles. The lowest BCUT2D eigenvalue weighted by atomic mass is 9.89. The largest absolute Gasteiger partial charge is 0.299 e. The third-order valence-corrected chi connectivity index (χ3v) is 4.58. The van der Waals surface area contributed by atoms with E-state index in [0.717, 1.165) is 38.0 Å². The lowest BCUT2D eigenvalue weighted by Crippen LogP contribution is -2.36. The Bertz CT molecular complexity index is 630. The molecule has 0 atom stereocenters. The topological polar surface area (TPSA) is 20.3 Å². The second kappa shape index (κ2) is 7.51. The van der Waals surface area contributed by atoms with Gasteiger partial charge in [-0.1, -0.05) is 42.5 Å². The Kier molecular flexibility index (Phi) is 5.19. The summed E-state index contributed by atoms with van der Waals surface area (Å²) >= 11 is 0. The molecule has 3 rings (SSSR count). The summed E-state index contributed by atoms with van der Waals surface area (Å²) < 4.78 is 12.9. The monoisotopic (exact) mass is 311 g/mol. The zero-order valence-corrected chi connectivity index (χ0v) is 13.2. The van der Waals surface area contributed by atoms with E-state index < -0.39 is 0 Å². The molecule has 0 saturated carbocycles. The van der Waals surface area contributed by atoms with Gasteiger partial charge in [0.05, 0.1) is 0 Å². The number of nitrogens with zero attached hydrogens (tertiary/aromatic N) is 1. The van der Waals surface area contributed by atoms with Crippen LogP contribution in [0, 0.1) is 11.7 Å². The first-order valence-electron chi connectivity index (χ1n) is 8.24. The summed E-state index contributed by atoms with van der Waals surface area (Å²) in [4.78, 5) is 14.8. The van der Waals surface area contributed by atoms with Gasteiger partial charge in [0.15, 0.2) is 0 Å². The van der Waals surface area contributed by atoms with Gasteiger partial charge in [0.25, 0.3) is 0 Å². The van der Waals surface area contributed by atoms with Gasteiger partial charge in [-0.15, -0.1) is 0 Å². The molecule has 2 aromatic carbocycles. The third kappa shape index (κ3) is 4.49. The molecule has 23 heavy (non-hydrogen) atoms. The van der Waals surface area contributed by atoms with Gasteiger partial charge < -0.3 is 0 Å². The summed E-state index contributed by atoms with van der Waals surface area (Å²) in [6.45, 7) is 2.89. The van der Waals surface area contributed by atoms with E-state index in [1.54, 1.807) is 12.1 Å². The number of ketones is 1. The number of Topliss-reactive ketones (excluding diaryl/α,β-unsaturated/α-hetero) is 1. The van der Waals surface area contributed by atoms with Crippen LogP contribution in [0.2, 0.25) is 0 Å². The minimum Gasteiger partial charge on any atom is -0.299 e. The molecule has 120 valence electrons. The van der Waals surface area contributed by atoms with E-state index in [1.165, 1.54) is 17.7 Å². The fraction of sp³-hybridized carbons (Fsp3) is 0.350. The first-order chi connectivity index (χ1) is 11.2. The van der Waals surface area contributed by atoms with Gasteiger partial charge in [-0.3, -0.25) is 9.69 Å². The summed E-state index contributed by atoms with van der Waals surface area (Å²) in [6.07, 6.45) is 2.27. The Morgan fingerprint density at radius 1 is 0.957 bits per heavy atom. The zero-order chi connectivity index (χ0) is 16.1. The van der Waals surface area contributed by atoms with E-state index >= 15 is 0 Å². The summed E-state index contributed by atoms with van der Waals surface area (Å²) in [7, 11) is 0. The van der Waals surface area contributed by atoms with Crippen molar-refractivity contribution in [2.75, 3.05) is 13.1 Å². The maximum absolute atomic E-state index is 12.9. The predicted octanol–water partition coefficient (Wildman–Crippen LogP) is 3.85. The predicted molar refractivity (Wildman–Crippen MR) is 89.6 cm³/mol. The molecular weight excluding hydrogens is 289 g/mol. The SMILES string of the molecule is O=C(Cc1ccc(F)cc1)C1CCN(Cc2ccccc2)CC1. The highest BCUT2D eigenvalue weighted by molar-refractivity contribution is 5.83. The first-order valence-corrected chi connectivity index (χ1v) is 8.24. The van der Waals surface area contributed by atoms with E-state index in [1.807, 2.05) is 6.07 Å². The first kappa shape index (κ1) is 15.9. The van der Waals surface area contributed by atoms with Gasteiger partial charge in [0, 0.05) is 18.9 Å². The van der Waals surface area contributed by atoms with E-state index in [-0.39, 0.29) is 17.5 Å². The quantitative estimate of drug-likeness (QED) is 0.836. The molecule has 0 bridgehead atoms. The molecular formula is C20H22FNO. The van der Waals surface area contributed by atoms with Crippen LogP contribution in [0.4, 0.5) is 4.39 Å². The molecule has 0 radical (unpaired) electrons. The number of carbonyl (C=O) groups excluding carboxylic acids is 1. The normalized spacial score (nSPS) is 16.4. The van der Waals surface area contributed by atoms with Crippen LogP contribution in [0.1, 0.15) is 24.0 Å². The number of benzene rings is 2. The Morgan fingerprint density at radius 2 is 1.61 bits per heavy atom. The number of hydrogen-bond acceptors (Lipinski definition) is 2. The van der Waals surface area contributed by atoms with Gasteiger partial charge >= 0.3 is 0 Å². The van der Waals surface area contributed by atoms with Crippen LogP contribution in [-0.4, -0.2) is 23.8 Å². The molecule has 2 aromatic rings. The van der Waals surface area contributed by atoms with Crippen molar-refractivity contribution >= 4 is 5.78 Å². The molecule has 1 aliphatic heterocycles. The Labute approximate surface area is 136 Å². The highest BCUT2D eigenvalue weighted by atomic mass is 19.1. The highest BCUT2D eigenvalue weighted by Gasteiger charge is 2.24. The van der Waals surface area contributed by atoms with Crippen molar-refractivity contribution in [1.82, 2.24) is 4.90 Å². The Hall–Kier alpha value is -2.00.